The lowest BCUT2D eigenvalue weighted by atomic mass is 10.1. The van der Waals surface area contributed by atoms with Crippen molar-refractivity contribution in [2.24, 2.45) is 0 Å². The molecule has 25 heavy (non-hydrogen) atoms. The van der Waals surface area contributed by atoms with E-state index in [0.717, 1.165) is 16.7 Å². The summed E-state index contributed by atoms with van der Waals surface area (Å²) in [5.41, 5.74) is 4.27. The summed E-state index contributed by atoms with van der Waals surface area (Å²) in [6.45, 7) is 4.53. The summed E-state index contributed by atoms with van der Waals surface area (Å²) >= 11 is 0. The van der Waals surface area contributed by atoms with Crippen LogP contribution in [0.2, 0.25) is 0 Å². The molecule has 4 heteroatoms. The number of ether oxygens (including phenoxy) is 2. The molecule has 132 valence electrons. The summed E-state index contributed by atoms with van der Waals surface area (Å²) in [5, 5.41) is 0. The molecule has 0 heterocycles. The number of rotatable bonds is 6. The second kappa shape index (κ2) is 8.38. The fourth-order valence-corrected chi connectivity index (χ4v) is 2.60. The van der Waals surface area contributed by atoms with Crippen molar-refractivity contribution in [3.8, 4) is 11.5 Å². The number of aryl methyl sites for hydroxylation is 2. The maximum Gasteiger partial charge on any atom is 0.246 e. The molecule has 0 aliphatic rings. The molecule has 0 unspecified atom stereocenters. The number of benzene rings is 2. The van der Waals surface area contributed by atoms with Gasteiger partial charge in [-0.15, -0.1) is 0 Å². The van der Waals surface area contributed by atoms with E-state index < -0.39 is 0 Å². The van der Waals surface area contributed by atoms with E-state index in [1.807, 2.05) is 56.3 Å². The Balaban J connectivity index is 2.11. The predicted octanol–water partition coefficient (Wildman–Crippen LogP) is 3.99. The average molecular weight is 339 g/mol. The van der Waals surface area contributed by atoms with Gasteiger partial charge in [0.05, 0.1) is 14.2 Å². The molecule has 0 saturated carbocycles. The number of hydrogen-bond acceptors (Lipinski definition) is 3. The lowest BCUT2D eigenvalue weighted by molar-refractivity contribution is -0.125. The topological polar surface area (TPSA) is 38.8 Å². The summed E-state index contributed by atoms with van der Waals surface area (Å²) in [4.78, 5) is 14.1. The monoisotopic (exact) mass is 339 g/mol. The number of amides is 1. The van der Waals surface area contributed by atoms with E-state index in [0.29, 0.717) is 18.0 Å². The first-order chi connectivity index (χ1) is 11.9. The normalized spacial score (nSPS) is 10.8. The second-order valence-corrected chi connectivity index (χ2v) is 6.08. The highest BCUT2D eigenvalue weighted by atomic mass is 16.5. The summed E-state index contributed by atoms with van der Waals surface area (Å²) in [6, 6.07) is 11.9. The van der Waals surface area contributed by atoms with Gasteiger partial charge < -0.3 is 14.4 Å². The van der Waals surface area contributed by atoms with Crippen LogP contribution in [-0.4, -0.2) is 32.1 Å². The number of likely N-dealkylation sites (N-methyl/N-ethyl adjacent to an activating group) is 1. The first kappa shape index (κ1) is 18.6. The van der Waals surface area contributed by atoms with Gasteiger partial charge in [0.2, 0.25) is 5.91 Å². The van der Waals surface area contributed by atoms with E-state index in [2.05, 4.69) is 0 Å². The van der Waals surface area contributed by atoms with Crippen LogP contribution in [0.15, 0.2) is 42.5 Å². The zero-order valence-electron chi connectivity index (χ0n) is 15.5. The zero-order chi connectivity index (χ0) is 18.4. The van der Waals surface area contributed by atoms with E-state index in [4.69, 9.17) is 9.47 Å². The van der Waals surface area contributed by atoms with E-state index in [-0.39, 0.29) is 5.91 Å². The van der Waals surface area contributed by atoms with Crippen LogP contribution in [-0.2, 0) is 11.3 Å². The van der Waals surface area contributed by atoms with Crippen LogP contribution in [0.25, 0.3) is 6.08 Å². The van der Waals surface area contributed by atoms with E-state index >= 15 is 0 Å². The van der Waals surface area contributed by atoms with Gasteiger partial charge in [-0.3, -0.25) is 4.79 Å². The fraction of sp³-hybridized carbons (Fsp3) is 0.286. The lowest BCUT2D eigenvalue weighted by Crippen LogP contribution is -2.24. The molecule has 0 aliphatic heterocycles. The van der Waals surface area contributed by atoms with Crippen LogP contribution in [0, 0.1) is 13.8 Å². The van der Waals surface area contributed by atoms with Crippen LogP contribution in [0.5, 0.6) is 11.5 Å². The molecule has 0 radical (unpaired) electrons. The highest BCUT2D eigenvalue weighted by Crippen LogP contribution is 2.30. The maximum atomic E-state index is 12.4. The Kier molecular flexibility index (Phi) is 6.23. The van der Waals surface area contributed by atoms with Crippen LogP contribution in [0.3, 0.4) is 0 Å². The minimum Gasteiger partial charge on any atom is -0.493 e. The van der Waals surface area contributed by atoms with Gasteiger partial charge in [0, 0.05) is 19.7 Å². The molecule has 0 N–H and O–H groups in total. The van der Waals surface area contributed by atoms with Crippen LogP contribution < -0.4 is 9.47 Å². The first-order valence-electron chi connectivity index (χ1n) is 8.16. The Hall–Kier alpha value is -2.75. The molecule has 2 aromatic carbocycles. The van der Waals surface area contributed by atoms with Crippen LogP contribution in [0.1, 0.15) is 22.3 Å². The third kappa shape index (κ3) is 4.86. The zero-order valence-corrected chi connectivity index (χ0v) is 15.5. The molecule has 4 nitrogen and oxygen atoms in total. The first-order valence-corrected chi connectivity index (χ1v) is 8.16. The van der Waals surface area contributed by atoms with E-state index in [1.54, 1.807) is 32.2 Å². The molecule has 0 aliphatic carbocycles. The van der Waals surface area contributed by atoms with Crippen molar-refractivity contribution >= 4 is 12.0 Å². The van der Waals surface area contributed by atoms with Crippen molar-refractivity contribution in [3.63, 3.8) is 0 Å². The van der Waals surface area contributed by atoms with Gasteiger partial charge in [0.15, 0.2) is 11.5 Å². The highest BCUT2D eigenvalue weighted by molar-refractivity contribution is 5.91. The highest BCUT2D eigenvalue weighted by Gasteiger charge is 2.12. The molecule has 2 aromatic rings. The third-order valence-corrected chi connectivity index (χ3v) is 4.09. The number of nitrogens with zero attached hydrogens (tertiary/aromatic N) is 1. The second-order valence-electron chi connectivity index (χ2n) is 6.08. The van der Waals surface area contributed by atoms with Crippen molar-refractivity contribution < 1.29 is 14.3 Å². The standard InChI is InChI=1S/C21H25NO3/c1-15-7-6-8-17(11-15)9-10-21(23)22(3)14-18-13-20(25-5)19(24-4)12-16(18)2/h6-13H,14H2,1-5H3/b10-9+. The number of methoxy groups -OCH3 is 2. The average Bonchev–Trinajstić information content (AvgIpc) is 2.60. The number of hydrogen-bond donors (Lipinski definition) is 0. The molecule has 1 amide bonds. The van der Waals surface area contributed by atoms with Gasteiger partial charge in [0.25, 0.3) is 0 Å². The quantitative estimate of drug-likeness (QED) is 0.747. The van der Waals surface area contributed by atoms with Crippen LogP contribution >= 0.6 is 0 Å². The fourth-order valence-electron chi connectivity index (χ4n) is 2.60. The largest absolute Gasteiger partial charge is 0.493 e. The molecule has 0 atom stereocenters. The minimum absolute atomic E-state index is 0.0457. The molecule has 0 aromatic heterocycles. The Morgan fingerprint density at radius 3 is 2.40 bits per heavy atom. The van der Waals surface area contributed by atoms with Crippen molar-refractivity contribution in [1.29, 1.82) is 0 Å². The Morgan fingerprint density at radius 2 is 1.76 bits per heavy atom. The molecule has 2 rings (SSSR count). The Morgan fingerprint density at radius 1 is 1.08 bits per heavy atom. The SMILES string of the molecule is COc1cc(C)c(CN(C)C(=O)/C=C/c2cccc(C)c2)cc1OC. The lowest BCUT2D eigenvalue weighted by Gasteiger charge is -2.18. The van der Waals surface area contributed by atoms with Gasteiger partial charge in [-0.25, -0.2) is 0 Å². The summed E-state index contributed by atoms with van der Waals surface area (Å²) in [7, 11) is 5.01. The third-order valence-electron chi connectivity index (χ3n) is 4.09. The van der Waals surface area contributed by atoms with Gasteiger partial charge in [-0.1, -0.05) is 29.8 Å². The van der Waals surface area contributed by atoms with E-state index in [9.17, 15) is 4.79 Å². The summed E-state index contributed by atoms with van der Waals surface area (Å²) in [6.07, 6.45) is 3.44. The maximum absolute atomic E-state index is 12.4. The van der Waals surface area contributed by atoms with Crippen molar-refractivity contribution in [2.75, 3.05) is 21.3 Å². The summed E-state index contributed by atoms with van der Waals surface area (Å²) < 4.78 is 10.7. The molecule has 0 bridgehead atoms. The summed E-state index contributed by atoms with van der Waals surface area (Å²) in [5.74, 6) is 1.31. The van der Waals surface area contributed by atoms with Gasteiger partial charge >= 0.3 is 0 Å². The molecule has 0 fully saturated rings. The number of carbonyl (C=O) groups is 1. The molecule has 0 spiro atoms. The van der Waals surface area contributed by atoms with Gasteiger partial charge in [0.1, 0.15) is 0 Å². The Labute approximate surface area is 149 Å². The van der Waals surface area contributed by atoms with Crippen LogP contribution in [0.4, 0.5) is 0 Å². The smallest absolute Gasteiger partial charge is 0.246 e. The molecular weight excluding hydrogens is 314 g/mol. The Bertz CT molecular complexity index is 781. The molecule has 0 saturated heterocycles. The molecular formula is C21H25NO3. The van der Waals surface area contributed by atoms with E-state index in [1.165, 1.54) is 5.56 Å². The van der Waals surface area contributed by atoms with Gasteiger partial charge in [-0.05, 0) is 48.7 Å². The minimum atomic E-state index is -0.0457. The van der Waals surface area contributed by atoms with Crippen molar-refractivity contribution in [1.82, 2.24) is 4.90 Å². The van der Waals surface area contributed by atoms with Gasteiger partial charge in [-0.2, -0.15) is 0 Å². The number of carbonyl (C=O) groups excluding carboxylic acids is 1. The van der Waals surface area contributed by atoms with Crippen molar-refractivity contribution in [3.05, 3.63) is 64.7 Å². The van der Waals surface area contributed by atoms with Crippen molar-refractivity contribution in [2.45, 2.75) is 20.4 Å². The predicted molar refractivity (Wildman–Crippen MR) is 101 cm³/mol.